The predicted octanol–water partition coefficient (Wildman–Crippen LogP) is 1.92. The average Bonchev–Trinajstić information content (AvgIpc) is 2.54. The van der Waals surface area contributed by atoms with Crippen molar-refractivity contribution in [2.45, 2.75) is 31.7 Å². The highest BCUT2D eigenvalue weighted by Crippen LogP contribution is 2.16. The first-order chi connectivity index (χ1) is 12.0. The van der Waals surface area contributed by atoms with Crippen LogP contribution in [-0.4, -0.2) is 56.8 Å². The van der Waals surface area contributed by atoms with Crippen LogP contribution in [0.4, 0.5) is 13.2 Å². The number of hydrogen-bond acceptors (Lipinski definition) is 4. The van der Waals surface area contributed by atoms with E-state index in [9.17, 15) is 26.4 Å². The molecule has 26 heavy (non-hydrogen) atoms. The summed E-state index contributed by atoms with van der Waals surface area (Å²) in [4.78, 5) is 12.2. The molecule has 0 atom stereocenters. The summed E-state index contributed by atoms with van der Waals surface area (Å²) >= 11 is 0. The molecule has 1 aromatic carbocycles. The van der Waals surface area contributed by atoms with Crippen molar-refractivity contribution in [1.82, 2.24) is 9.62 Å². The van der Waals surface area contributed by atoms with E-state index in [-0.39, 0.29) is 18.6 Å². The molecule has 0 saturated carbocycles. The zero-order valence-electron chi connectivity index (χ0n) is 14.3. The molecule has 0 unspecified atom stereocenters. The fourth-order valence-corrected chi connectivity index (χ4v) is 3.51. The van der Waals surface area contributed by atoms with E-state index < -0.39 is 22.8 Å². The topological polar surface area (TPSA) is 75.7 Å². The molecule has 0 spiro atoms. The van der Waals surface area contributed by atoms with Gasteiger partial charge in [-0.1, -0.05) is 12.1 Å². The van der Waals surface area contributed by atoms with Gasteiger partial charge >= 0.3 is 6.18 Å². The van der Waals surface area contributed by atoms with Crippen molar-refractivity contribution in [3.05, 3.63) is 35.4 Å². The molecule has 146 valence electrons. The third-order valence-electron chi connectivity index (χ3n) is 4.01. The number of nitrogens with zero attached hydrogens (tertiary/aromatic N) is 1. The van der Waals surface area contributed by atoms with Gasteiger partial charge in [-0.15, -0.1) is 0 Å². The van der Waals surface area contributed by atoms with E-state index in [0.29, 0.717) is 37.1 Å². The second kappa shape index (κ2) is 8.36. The summed E-state index contributed by atoms with van der Waals surface area (Å²) in [5.74, 6) is -0.300. The van der Waals surface area contributed by atoms with Gasteiger partial charge in [-0.3, -0.25) is 4.79 Å². The molecule has 0 aliphatic carbocycles. The van der Waals surface area contributed by atoms with Crippen molar-refractivity contribution in [3.8, 4) is 0 Å². The number of ether oxygens (including phenoxy) is 1. The highest BCUT2D eigenvalue weighted by atomic mass is 32.2. The van der Waals surface area contributed by atoms with Gasteiger partial charge in [0.25, 0.3) is 5.91 Å². The smallest absolute Gasteiger partial charge is 0.367 e. The molecule has 2 rings (SSSR count). The number of carbonyl (C=O) groups is 1. The number of amides is 1. The summed E-state index contributed by atoms with van der Waals surface area (Å²) < 4.78 is 65.0. The van der Waals surface area contributed by atoms with Gasteiger partial charge in [-0.25, -0.2) is 12.7 Å². The van der Waals surface area contributed by atoms with Crippen LogP contribution in [0.25, 0.3) is 0 Å². The second-order valence-electron chi connectivity index (χ2n) is 6.21. The van der Waals surface area contributed by atoms with E-state index >= 15 is 0 Å². The number of nitrogens with one attached hydrogen (secondary N) is 1. The van der Waals surface area contributed by atoms with Crippen molar-refractivity contribution in [3.63, 3.8) is 0 Å². The summed E-state index contributed by atoms with van der Waals surface area (Å²) in [7, 11) is -3.21. The first-order valence-electron chi connectivity index (χ1n) is 8.04. The maximum atomic E-state index is 12.2. The van der Waals surface area contributed by atoms with E-state index in [0.717, 1.165) is 6.26 Å². The van der Waals surface area contributed by atoms with Crippen molar-refractivity contribution in [2.24, 2.45) is 0 Å². The van der Waals surface area contributed by atoms with Crippen molar-refractivity contribution in [2.75, 3.05) is 26.0 Å². The number of hydrogen-bond donors (Lipinski definition) is 1. The lowest BCUT2D eigenvalue weighted by atomic mass is 10.1. The van der Waals surface area contributed by atoms with Gasteiger partial charge in [0.15, 0.2) is 0 Å². The maximum Gasteiger partial charge on any atom is 0.411 e. The molecule has 1 aliphatic rings. The number of sulfonamides is 1. The van der Waals surface area contributed by atoms with Crippen LogP contribution in [0.2, 0.25) is 0 Å². The van der Waals surface area contributed by atoms with Crippen LogP contribution in [0.3, 0.4) is 0 Å². The van der Waals surface area contributed by atoms with Crippen molar-refractivity contribution < 1.29 is 31.1 Å². The third-order valence-corrected chi connectivity index (χ3v) is 5.31. The molecule has 1 aromatic rings. The fraction of sp³-hybridized carbons (Fsp3) is 0.562. The van der Waals surface area contributed by atoms with E-state index in [1.54, 1.807) is 0 Å². The Labute approximate surface area is 150 Å². The zero-order chi connectivity index (χ0) is 19.4. The van der Waals surface area contributed by atoms with E-state index in [4.69, 9.17) is 0 Å². The normalized spacial score (nSPS) is 17.2. The van der Waals surface area contributed by atoms with Crippen LogP contribution in [0, 0.1) is 0 Å². The third kappa shape index (κ3) is 6.58. The van der Waals surface area contributed by atoms with Gasteiger partial charge in [-0.05, 0) is 30.5 Å². The number of rotatable bonds is 6. The maximum absolute atomic E-state index is 12.2. The molecule has 1 fully saturated rings. The molecule has 1 heterocycles. The number of carbonyl (C=O) groups excluding carboxylic acids is 1. The van der Waals surface area contributed by atoms with Crippen LogP contribution in [-0.2, 0) is 21.4 Å². The molecule has 0 radical (unpaired) electrons. The highest BCUT2D eigenvalue weighted by molar-refractivity contribution is 7.88. The monoisotopic (exact) mass is 394 g/mol. The molecule has 1 amide bonds. The molecule has 0 bridgehead atoms. The standard InChI is InChI=1S/C16H21F3N2O4S/c1-26(23,24)21-8-6-14(7-9-21)20-15(22)13-4-2-12(3-5-13)10-25-11-16(17,18)19/h2-5,14H,6-11H2,1H3,(H,20,22). The molecule has 1 saturated heterocycles. The Kier molecular flexibility index (Phi) is 6.64. The summed E-state index contributed by atoms with van der Waals surface area (Å²) in [5, 5.41) is 2.85. The summed E-state index contributed by atoms with van der Waals surface area (Å²) in [6.45, 7) is -0.786. The van der Waals surface area contributed by atoms with Gasteiger partial charge in [0.2, 0.25) is 10.0 Å². The van der Waals surface area contributed by atoms with Gasteiger partial charge in [0, 0.05) is 24.7 Å². The van der Waals surface area contributed by atoms with E-state index in [2.05, 4.69) is 10.1 Å². The lowest BCUT2D eigenvalue weighted by Crippen LogP contribution is -2.46. The summed E-state index contributed by atoms with van der Waals surface area (Å²) in [5.41, 5.74) is 0.919. The van der Waals surface area contributed by atoms with Crippen molar-refractivity contribution in [1.29, 1.82) is 0 Å². The minimum atomic E-state index is -4.37. The number of halogens is 3. The van der Waals surface area contributed by atoms with Gasteiger partial charge in [0.1, 0.15) is 6.61 Å². The quantitative estimate of drug-likeness (QED) is 0.800. The Morgan fingerprint density at radius 2 is 1.81 bits per heavy atom. The number of benzene rings is 1. The van der Waals surface area contributed by atoms with Crippen LogP contribution in [0.5, 0.6) is 0 Å². The minimum Gasteiger partial charge on any atom is -0.367 e. The highest BCUT2D eigenvalue weighted by Gasteiger charge is 2.27. The minimum absolute atomic E-state index is 0.115. The predicted molar refractivity (Wildman–Crippen MR) is 89.1 cm³/mol. The van der Waals surface area contributed by atoms with Crippen LogP contribution in [0.15, 0.2) is 24.3 Å². The van der Waals surface area contributed by atoms with Crippen LogP contribution >= 0.6 is 0 Å². The summed E-state index contributed by atoms with van der Waals surface area (Å²) in [6, 6.07) is 6.01. The van der Waals surface area contributed by atoms with E-state index in [1.807, 2.05) is 0 Å². The Morgan fingerprint density at radius 3 is 2.31 bits per heavy atom. The molecular weight excluding hydrogens is 373 g/mol. The Bertz CT molecular complexity index is 712. The van der Waals surface area contributed by atoms with Gasteiger partial charge < -0.3 is 10.1 Å². The Morgan fingerprint density at radius 1 is 1.23 bits per heavy atom. The van der Waals surface area contributed by atoms with Crippen LogP contribution in [0.1, 0.15) is 28.8 Å². The average molecular weight is 394 g/mol. The molecular formula is C16H21F3N2O4S. The molecule has 1 N–H and O–H groups in total. The fourth-order valence-electron chi connectivity index (χ4n) is 2.64. The van der Waals surface area contributed by atoms with Crippen LogP contribution < -0.4 is 5.32 Å². The number of piperidine rings is 1. The first-order valence-corrected chi connectivity index (χ1v) is 9.89. The lowest BCUT2D eigenvalue weighted by molar-refractivity contribution is -0.176. The summed E-state index contributed by atoms with van der Waals surface area (Å²) in [6.07, 6.45) is -2.15. The molecule has 0 aromatic heterocycles. The van der Waals surface area contributed by atoms with E-state index in [1.165, 1.54) is 28.6 Å². The van der Waals surface area contributed by atoms with Gasteiger partial charge in [0.05, 0.1) is 12.9 Å². The largest absolute Gasteiger partial charge is 0.411 e. The van der Waals surface area contributed by atoms with Crippen molar-refractivity contribution >= 4 is 15.9 Å². The molecule has 6 nitrogen and oxygen atoms in total. The number of alkyl halides is 3. The second-order valence-corrected chi connectivity index (χ2v) is 8.20. The molecule has 10 heteroatoms. The first kappa shape index (κ1) is 20.7. The Balaban J connectivity index is 1.81. The Hall–Kier alpha value is -1.65. The SMILES string of the molecule is CS(=O)(=O)N1CCC(NC(=O)c2ccc(COCC(F)(F)F)cc2)CC1. The lowest BCUT2D eigenvalue weighted by Gasteiger charge is -2.30. The van der Waals surface area contributed by atoms with Gasteiger partial charge in [-0.2, -0.15) is 13.2 Å². The zero-order valence-corrected chi connectivity index (χ0v) is 15.1. The molecule has 1 aliphatic heterocycles.